The van der Waals surface area contributed by atoms with Crippen molar-refractivity contribution in [3.63, 3.8) is 0 Å². The highest BCUT2D eigenvalue weighted by Gasteiger charge is 2.20. The largest absolute Gasteiger partial charge is 0.336 e. The molecule has 1 N–H and O–H groups in total. The van der Waals surface area contributed by atoms with Crippen LogP contribution in [0.4, 0.5) is 8.78 Å². The van der Waals surface area contributed by atoms with E-state index >= 15 is 0 Å². The molecule has 33 heavy (non-hydrogen) atoms. The zero-order chi connectivity index (χ0) is 23.1. The van der Waals surface area contributed by atoms with Gasteiger partial charge in [-0.2, -0.15) is 0 Å². The van der Waals surface area contributed by atoms with Gasteiger partial charge in [-0.1, -0.05) is 5.21 Å². The van der Waals surface area contributed by atoms with E-state index in [2.05, 4.69) is 20.2 Å². The quantitative estimate of drug-likeness (QED) is 0.518. The van der Waals surface area contributed by atoms with Crippen LogP contribution in [0.5, 0.6) is 0 Å². The van der Waals surface area contributed by atoms with Gasteiger partial charge in [0.1, 0.15) is 17.3 Å². The number of piperazine rings is 1. The van der Waals surface area contributed by atoms with Crippen LogP contribution in [0.25, 0.3) is 27.8 Å². The zero-order valence-corrected chi connectivity index (χ0v) is 17.8. The predicted molar refractivity (Wildman–Crippen MR) is 118 cm³/mol. The minimum Gasteiger partial charge on any atom is -0.336 e. The minimum atomic E-state index is -0.782. The molecule has 0 unspecified atom stereocenters. The van der Waals surface area contributed by atoms with Gasteiger partial charge in [0.2, 0.25) is 0 Å². The van der Waals surface area contributed by atoms with Crippen LogP contribution in [0, 0.1) is 11.6 Å². The van der Waals surface area contributed by atoms with Gasteiger partial charge >= 0.3 is 0 Å². The number of carbonyl (C=O) groups is 1. The molecule has 0 spiro atoms. The van der Waals surface area contributed by atoms with Crippen LogP contribution in [-0.2, 0) is 0 Å². The number of aromatic amines is 1. The van der Waals surface area contributed by atoms with E-state index in [4.69, 9.17) is 0 Å². The Bertz CT molecular complexity index is 1400. The first kappa shape index (κ1) is 21.0. The number of hydrogen-bond acceptors (Lipinski definition) is 5. The number of nitrogens with zero attached hydrogens (tertiary/aromatic N) is 5. The van der Waals surface area contributed by atoms with E-state index in [9.17, 15) is 18.4 Å². The number of hydrogen-bond donors (Lipinski definition) is 1. The average molecular weight is 450 g/mol. The monoisotopic (exact) mass is 450 g/mol. The summed E-state index contributed by atoms with van der Waals surface area (Å²) >= 11 is 0. The van der Waals surface area contributed by atoms with Crippen LogP contribution in [-0.4, -0.2) is 68.9 Å². The molecular weight excluding hydrogens is 430 g/mol. The Balaban J connectivity index is 1.40. The van der Waals surface area contributed by atoms with Crippen molar-refractivity contribution < 1.29 is 13.6 Å². The molecule has 0 radical (unpaired) electrons. The SMILES string of the molecule is CN1CCN(C(=O)c2ccc(-n3cc(-c4cc5c(F)cc(F)cc5[nH]c4=O)nn3)cc2)CC1. The van der Waals surface area contributed by atoms with Gasteiger partial charge in [0, 0.05) is 43.2 Å². The van der Waals surface area contributed by atoms with Crippen LogP contribution in [0.15, 0.2) is 53.5 Å². The van der Waals surface area contributed by atoms with Gasteiger partial charge < -0.3 is 14.8 Å². The lowest BCUT2D eigenvalue weighted by molar-refractivity contribution is 0.0664. The van der Waals surface area contributed by atoms with Gasteiger partial charge in [0.25, 0.3) is 11.5 Å². The second-order valence-electron chi connectivity index (χ2n) is 8.05. The molecule has 168 valence electrons. The molecule has 2 aromatic carbocycles. The second kappa shape index (κ2) is 8.21. The first-order chi connectivity index (χ1) is 15.9. The van der Waals surface area contributed by atoms with E-state index in [-0.39, 0.29) is 28.1 Å². The van der Waals surface area contributed by atoms with Gasteiger partial charge in [-0.15, -0.1) is 5.10 Å². The second-order valence-corrected chi connectivity index (χ2v) is 8.05. The van der Waals surface area contributed by atoms with Crippen molar-refractivity contribution in [1.82, 2.24) is 29.8 Å². The summed E-state index contributed by atoms with van der Waals surface area (Å²) in [5.41, 5.74) is 1.11. The summed E-state index contributed by atoms with van der Waals surface area (Å²) in [6.07, 6.45) is 1.54. The van der Waals surface area contributed by atoms with E-state index in [1.165, 1.54) is 16.9 Å². The maximum absolute atomic E-state index is 14.2. The van der Waals surface area contributed by atoms with Crippen molar-refractivity contribution in [2.45, 2.75) is 0 Å². The molecule has 1 aliphatic heterocycles. The molecule has 0 aliphatic carbocycles. The molecule has 5 rings (SSSR count). The normalized spacial score (nSPS) is 14.7. The summed E-state index contributed by atoms with van der Waals surface area (Å²) < 4.78 is 29.1. The Morgan fingerprint density at radius 2 is 1.76 bits per heavy atom. The molecule has 4 aromatic rings. The Hall–Kier alpha value is -3.92. The number of halogens is 2. The highest BCUT2D eigenvalue weighted by atomic mass is 19.1. The fraction of sp³-hybridized carbons (Fsp3) is 0.217. The topological polar surface area (TPSA) is 87.1 Å². The van der Waals surface area contributed by atoms with E-state index in [1.807, 2.05) is 11.9 Å². The number of likely N-dealkylation sites (N-methyl/N-ethyl adjacent to an activating group) is 1. The van der Waals surface area contributed by atoms with Crippen molar-refractivity contribution >= 4 is 16.8 Å². The maximum Gasteiger partial charge on any atom is 0.258 e. The third kappa shape index (κ3) is 4.00. The molecule has 0 bridgehead atoms. The van der Waals surface area contributed by atoms with Gasteiger partial charge in [0.05, 0.1) is 23.0 Å². The standard InChI is InChI=1S/C23H20F2N6O2/c1-29-6-8-30(9-7-29)23(33)14-2-4-16(5-3-14)31-13-21(27-28-31)18-12-17-19(25)10-15(24)11-20(17)26-22(18)32/h2-5,10-13H,6-9H2,1H3,(H,26,32). The van der Waals surface area contributed by atoms with Gasteiger partial charge in [-0.05, 0) is 43.4 Å². The number of H-pyrrole nitrogens is 1. The number of benzene rings is 2. The highest BCUT2D eigenvalue weighted by molar-refractivity contribution is 5.94. The molecule has 1 saturated heterocycles. The molecule has 0 saturated carbocycles. The van der Waals surface area contributed by atoms with Crippen LogP contribution in [0.1, 0.15) is 10.4 Å². The Morgan fingerprint density at radius 3 is 2.48 bits per heavy atom. The van der Waals surface area contributed by atoms with Gasteiger partial charge in [-0.3, -0.25) is 9.59 Å². The van der Waals surface area contributed by atoms with E-state index in [0.29, 0.717) is 24.3 Å². The maximum atomic E-state index is 14.2. The van der Waals surface area contributed by atoms with E-state index in [1.54, 1.807) is 24.3 Å². The number of rotatable bonds is 3. The highest BCUT2D eigenvalue weighted by Crippen LogP contribution is 2.22. The Morgan fingerprint density at radius 1 is 1.03 bits per heavy atom. The van der Waals surface area contributed by atoms with Crippen molar-refractivity contribution in [2.24, 2.45) is 0 Å². The van der Waals surface area contributed by atoms with Gasteiger partial charge in [-0.25, -0.2) is 13.5 Å². The lowest BCUT2D eigenvalue weighted by atomic mass is 10.1. The molecule has 8 nitrogen and oxygen atoms in total. The zero-order valence-electron chi connectivity index (χ0n) is 17.8. The molecular formula is C23H20F2N6O2. The average Bonchev–Trinajstić information content (AvgIpc) is 3.29. The molecule has 3 heterocycles. The third-order valence-electron chi connectivity index (χ3n) is 5.81. The third-order valence-corrected chi connectivity index (χ3v) is 5.81. The van der Waals surface area contributed by atoms with Gasteiger partial charge in [0.15, 0.2) is 0 Å². The Kier molecular flexibility index (Phi) is 5.21. The Labute approximate surface area is 187 Å². The molecule has 1 aliphatic rings. The summed E-state index contributed by atoms with van der Waals surface area (Å²) in [5, 5.41) is 8.16. The number of pyridine rings is 1. The van der Waals surface area contributed by atoms with Crippen molar-refractivity contribution in [2.75, 3.05) is 33.2 Å². The van der Waals surface area contributed by atoms with Crippen LogP contribution < -0.4 is 5.56 Å². The van der Waals surface area contributed by atoms with Crippen LogP contribution in [0.2, 0.25) is 0 Å². The summed E-state index contributed by atoms with van der Waals surface area (Å²) in [5.74, 6) is -1.57. The number of nitrogens with one attached hydrogen (secondary N) is 1. The number of amides is 1. The summed E-state index contributed by atoms with van der Waals surface area (Å²) in [6.45, 7) is 3.07. The summed E-state index contributed by atoms with van der Waals surface area (Å²) in [6, 6.07) is 10.1. The first-order valence-electron chi connectivity index (χ1n) is 10.4. The lowest BCUT2D eigenvalue weighted by Gasteiger charge is -2.32. The molecule has 2 aromatic heterocycles. The number of carbonyl (C=O) groups excluding carboxylic acids is 1. The fourth-order valence-corrected chi connectivity index (χ4v) is 3.89. The molecule has 1 fully saturated rings. The molecule has 1 amide bonds. The smallest absolute Gasteiger partial charge is 0.258 e. The summed E-state index contributed by atoms with van der Waals surface area (Å²) in [4.78, 5) is 31.7. The van der Waals surface area contributed by atoms with Crippen molar-refractivity contribution in [3.8, 4) is 16.9 Å². The molecule has 10 heteroatoms. The lowest BCUT2D eigenvalue weighted by Crippen LogP contribution is -2.47. The minimum absolute atomic E-state index is 0.0184. The number of fused-ring (bicyclic) bond motifs is 1. The fourth-order valence-electron chi connectivity index (χ4n) is 3.89. The van der Waals surface area contributed by atoms with E-state index in [0.717, 1.165) is 25.2 Å². The van der Waals surface area contributed by atoms with Crippen molar-refractivity contribution in [1.29, 1.82) is 0 Å². The molecule has 0 atom stereocenters. The first-order valence-corrected chi connectivity index (χ1v) is 10.4. The van der Waals surface area contributed by atoms with Crippen LogP contribution in [0.3, 0.4) is 0 Å². The van der Waals surface area contributed by atoms with Crippen LogP contribution >= 0.6 is 0 Å². The summed E-state index contributed by atoms with van der Waals surface area (Å²) in [7, 11) is 2.03. The number of aromatic nitrogens is 4. The van der Waals surface area contributed by atoms with Crippen molar-refractivity contribution in [3.05, 3.63) is 76.2 Å². The predicted octanol–water partition coefficient (Wildman–Crippen LogP) is 2.44. The van der Waals surface area contributed by atoms with E-state index < -0.39 is 17.2 Å².